The van der Waals surface area contributed by atoms with Crippen molar-refractivity contribution >= 4 is 62.3 Å². The van der Waals surface area contributed by atoms with E-state index in [4.69, 9.17) is 39.5 Å². The van der Waals surface area contributed by atoms with Gasteiger partial charge in [0.2, 0.25) is 11.8 Å². The van der Waals surface area contributed by atoms with Crippen molar-refractivity contribution in [2.75, 3.05) is 24.5 Å². The smallest absolute Gasteiger partial charge is 0.264 e. The van der Waals surface area contributed by atoms with Crippen LogP contribution in [0.1, 0.15) is 25.8 Å². The molecule has 0 fully saturated rings. The summed E-state index contributed by atoms with van der Waals surface area (Å²) in [5.74, 6) is -0.493. The number of ether oxygens (including phenoxy) is 1. The van der Waals surface area contributed by atoms with Crippen LogP contribution in [-0.4, -0.2) is 51.4 Å². The average Bonchev–Trinajstić information content (AvgIpc) is 2.93. The average molecular weight is 627 g/mol. The predicted molar refractivity (Wildman–Crippen MR) is 159 cm³/mol. The topological polar surface area (TPSA) is 96.0 Å². The number of nitrogens with zero attached hydrogens (tertiary/aromatic N) is 2. The number of halogens is 3. The van der Waals surface area contributed by atoms with Gasteiger partial charge in [0.1, 0.15) is 18.3 Å². The summed E-state index contributed by atoms with van der Waals surface area (Å²) < 4.78 is 34.2. The Bertz CT molecular complexity index is 1410. The minimum absolute atomic E-state index is 0.0578. The fourth-order valence-electron chi connectivity index (χ4n) is 4.08. The van der Waals surface area contributed by atoms with Crippen molar-refractivity contribution in [3.8, 4) is 5.75 Å². The Kier molecular flexibility index (Phi) is 11.1. The van der Waals surface area contributed by atoms with E-state index in [1.807, 2.05) is 6.92 Å². The molecule has 3 rings (SSSR count). The van der Waals surface area contributed by atoms with Crippen molar-refractivity contribution in [2.24, 2.45) is 0 Å². The highest BCUT2D eigenvalue weighted by molar-refractivity contribution is 7.92. The standard InChI is InChI=1S/C28H30Cl3N3O5S/c1-4-26(28(36)32-3)33(17-23-24(30)7-6-8-25(23)31)27(35)18-34(20-11-13-21(14-12-20)39-5-2)40(37,38)22-15-9-19(29)10-16-22/h6-16,26H,4-5,17-18H2,1-3H3,(H,32,36)/t26-/m0/s1. The molecule has 0 spiro atoms. The first-order chi connectivity index (χ1) is 19.0. The molecule has 3 aromatic carbocycles. The van der Waals surface area contributed by atoms with E-state index in [0.717, 1.165) is 4.31 Å². The van der Waals surface area contributed by atoms with Gasteiger partial charge in [-0.15, -0.1) is 0 Å². The summed E-state index contributed by atoms with van der Waals surface area (Å²) in [7, 11) is -2.77. The number of carbonyl (C=O) groups excluding carboxylic acids is 2. The highest BCUT2D eigenvalue weighted by Gasteiger charge is 2.34. The summed E-state index contributed by atoms with van der Waals surface area (Å²) in [6.07, 6.45) is 0.264. The van der Waals surface area contributed by atoms with Gasteiger partial charge in [0.15, 0.2) is 0 Å². The molecule has 12 heteroatoms. The SMILES string of the molecule is CCOc1ccc(N(CC(=O)N(Cc2c(Cl)cccc2Cl)[C@@H](CC)C(=O)NC)S(=O)(=O)c2ccc(Cl)cc2)cc1. The third kappa shape index (κ3) is 7.40. The maximum Gasteiger partial charge on any atom is 0.264 e. The minimum atomic E-state index is -4.24. The van der Waals surface area contributed by atoms with Gasteiger partial charge in [-0.05, 0) is 74.0 Å². The second kappa shape index (κ2) is 14.1. The first-order valence-corrected chi connectivity index (χ1v) is 15.1. The monoisotopic (exact) mass is 625 g/mol. The Morgan fingerprint density at radius 2 is 1.52 bits per heavy atom. The van der Waals surface area contributed by atoms with Crippen LogP contribution in [0.15, 0.2) is 71.6 Å². The number of likely N-dealkylation sites (N-methyl/N-ethyl adjacent to an activating group) is 1. The zero-order valence-corrected chi connectivity index (χ0v) is 25.3. The van der Waals surface area contributed by atoms with Gasteiger partial charge >= 0.3 is 0 Å². The summed E-state index contributed by atoms with van der Waals surface area (Å²) in [4.78, 5) is 28.0. The van der Waals surface area contributed by atoms with Crippen molar-refractivity contribution in [1.29, 1.82) is 0 Å². The summed E-state index contributed by atoms with van der Waals surface area (Å²) in [6, 6.07) is 16.0. The zero-order valence-electron chi connectivity index (χ0n) is 22.2. The molecule has 0 saturated heterocycles. The van der Waals surface area contributed by atoms with E-state index >= 15 is 0 Å². The normalized spacial score (nSPS) is 11.9. The number of rotatable bonds is 12. The Hall–Kier alpha value is -2.98. The van der Waals surface area contributed by atoms with Gasteiger partial charge in [0.05, 0.1) is 17.2 Å². The van der Waals surface area contributed by atoms with E-state index in [0.29, 0.717) is 33.0 Å². The molecule has 0 aromatic heterocycles. The van der Waals surface area contributed by atoms with E-state index in [2.05, 4.69) is 5.32 Å². The van der Waals surface area contributed by atoms with Crippen LogP contribution in [0.25, 0.3) is 0 Å². The highest BCUT2D eigenvalue weighted by Crippen LogP contribution is 2.30. The van der Waals surface area contributed by atoms with E-state index in [-0.39, 0.29) is 23.5 Å². The number of nitrogens with one attached hydrogen (secondary N) is 1. The van der Waals surface area contributed by atoms with Gasteiger partial charge in [-0.25, -0.2) is 8.42 Å². The fraction of sp³-hybridized carbons (Fsp3) is 0.286. The molecule has 3 aromatic rings. The Balaban J connectivity index is 2.09. The summed E-state index contributed by atoms with van der Waals surface area (Å²) in [5, 5.41) is 3.56. The third-order valence-corrected chi connectivity index (χ3v) is 8.89. The number of hydrogen-bond donors (Lipinski definition) is 1. The van der Waals surface area contributed by atoms with Crippen molar-refractivity contribution < 1.29 is 22.7 Å². The number of hydrogen-bond acceptors (Lipinski definition) is 5. The van der Waals surface area contributed by atoms with Crippen LogP contribution in [0.3, 0.4) is 0 Å². The zero-order chi connectivity index (χ0) is 29.4. The lowest BCUT2D eigenvalue weighted by Gasteiger charge is -2.33. The third-order valence-electron chi connectivity index (χ3n) is 6.14. The fourth-order valence-corrected chi connectivity index (χ4v) is 6.13. The number of sulfonamides is 1. The first kappa shape index (κ1) is 31.5. The largest absolute Gasteiger partial charge is 0.494 e. The molecule has 0 aliphatic rings. The number of carbonyl (C=O) groups is 2. The Morgan fingerprint density at radius 1 is 0.925 bits per heavy atom. The maximum atomic E-state index is 14.0. The Morgan fingerprint density at radius 3 is 2.05 bits per heavy atom. The number of amides is 2. The molecule has 0 radical (unpaired) electrons. The van der Waals surface area contributed by atoms with Crippen LogP contribution in [0.2, 0.25) is 15.1 Å². The van der Waals surface area contributed by atoms with Crippen LogP contribution in [0, 0.1) is 0 Å². The van der Waals surface area contributed by atoms with Crippen LogP contribution >= 0.6 is 34.8 Å². The van der Waals surface area contributed by atoms with Crippen LogP contribution < -0.4 is 14.4 Å². The summed E-state index contributed by atoms with van der Waals surface area (Å²) in [6.45, 7) is 3.31. The number of benzene rings is 3. The van der Waals surface area contributed by atoms with Gasteiger partial charge in [0, 0.05) is 34.2 Å². The van der Waals surface area contributed by atoms with E-state index in [9.17, 15) is 18.0 Å². The van der Waals surface area contributed by atoms with Crippen molar-refractivity contribution in [3.05, 3.63) is 87.4 Å². The van der Waals surface area contributed by atoms with Crippen molar-refractivity contribution in [2.45, 2.75) is 37.8 Å². The molecular formula is C28H30Cl3N3O5S. The summed E-state index contributed by atoms with van der Waals surface area (Å²) >= 11 is 18.8. The maximum absolute atomic E-state index is 14.0. The van der Waals surface area contributed by atoms with Gasteiger partial charge in [-0.1, -0.05) is 47.8 Å². The molecular weight excluding hydrogens is 597 g/mol. The molecule has 1 atom stereocenters. The molecule has 214 valence electrons. The lowest BCUT2D eigenvalue weighted by molar-refractivity contribution is -0.140. The van der Waals surface area contributed by atoms with Gasteiger partial charge in [-0.3, -0.25) is 13.9 Å². The minimum Gasteiger partial charge on any atom is -0.494 e. The van der Waals surface area contributed by atoms with Gasteiger partial charge in [0.25, 0.3) is 10.0 Å². The van der Waals surface area contributed by atoms with Crippen LogP contribution in [0.5, 0.6) is 5.75 Å². The summed E-state index contributed by atoms with van der Waals surface area (Å²) in [5.41, 5.74) is 0.671. The Labute approximate surface area is 249 Å². The second-order valence-corrected chi connectivity index (χ2v) is 11.8. The van der Waals surface area contributed by atoms with Crippen molar-refractivity contribution in [3.63, 3.8) is 0 Å². The van der Waals surface area contributed by atoms with Crippen LogP contribution in [-0.2, 0) is 26.2 Å². The lowest BCUT2D eigenvalue weighted by atomic mass is 10.1. The van der Waals surface area contributed by atoms with Gasteiger partial charge < -0.3 is 15.0 Å². The molecule has 0 unspecified atom stereocenters. The molecule has 0 heterocycles. The molecule has 2 amide bonds. The molecule has 40 heavy (non-hydrogen) atoms. The predicted octanol–water partition coefficient (Wildman–Crippen LogP) is 5.79. The van der Waals surface area contributed by atoms with E-state index < -0.39 is 34.4 Å². The molecule has 0 bridgehead atoms. The van der Waals surface area contributed by atoms with Crippen LogP contribution in [0.4, 0.5) is 5.69 Å². The van der Waals surface area contributed by atoms with Gasteiger partial charge in [-0.2, -0.15) is 0 Å². The second-order valence-electron chi connectivity index (χ2n) is 8.65. The van der Waals surface area contributed by atoms with Crippen molar-refractivity contribution in [1.82, 2.24) is 10.2 Å². The lowest BCUT2D eigenvalue weighted by Crippen LogP contribution is -2.51. The molecule has 0 saturated carbocycles. The van der Waals surface area contributed by atoms with E-state index in [1.165, 1.54) is 36.2 Å². The molecule has 0 aliphatic carbocycles. The molecule has 8 nitrogen and oxygen atoms in total. The number of anilines is 1. The molecule has 0 aliphatic heterocycles. The quantitative estimate of drug-likeness (QED) is 0.274. The highest BCUT2D eigenvalue weighted by atomic mass is 35.5. The first-order valence-electron chi connectivity index (χ1n) is 12.5. The molecule has 1 N–H and O–H groups in total. The van der Waals surface area contributed by atoms with E-state index in [1.54, 1.807) is 49.4 Å².